The summed E-state index contributed by atoms with van der Waals surface area (Å²) in [4.78, 5) is 18.8. The van der Waals surface area contributed by atoms with Crippen LogP contribution in [0.1, 0.15) is 23.0 Å². The van der Waals surface area contributed by atoms with E-state index in [2.05, 4.69) is 15.2 Å². The van der Waals surface area contributed by atoms with Crippen LogP contribution in [0.5, 0.6) is 0 Å². The smallest absolute Gasteiger partial charge is 0.267 e. The first-order valence-electron chi connectivity index (χ1n) is 9.10. The Kier molecular flexibility index (Phi) is 6.78. The summed E-state index contributed by atoms with van der Waals surface area (Å²) < 4.78 is 27.5. The van der Waals surface area contributed by atoms with E-state index < -0.39 is 10.0 Å². The molecule has 0 spiro atoms. The molecular formula is C18H24N4O4S2. The molecule has 1 aromatic heterocycles. The highest BCUT2D eigenvalue weighted by atomic mass is 32.2. The zero-order chi connectivity index (χ0) is 20.1. The fourth-order valence-corrected chi connectivity index (χ4v) is 5.20. The molecule has 0 radical (unpaired) electrons. The zero-order valence-electron chi connectivity index (χ0n) is 15.6. The number of nitrogens with zero attached hydrogens (tertiary/aromatic N) is 3. The minimum absolute atomic E-state index is 0.0649. The van der Waals surface area contributed by atoms with Gasteiger partial charge in [-0.05, 0) is 24.6 Å². The molecule has 2 heterocycles. The largest absolute Gasteiger partial charge is 0.395 e. The van der Waals surface area contributed by atoms with Crippen LogP contribution < -0.4 is 5.32 Å². The van der Waals surface area contributed by atoms with E-state index in [1.807, 2.05) is 6.92 Å². The number of thiazole rings is 1. The highest BCUT2D eigenvalue weighted by Gasteiger charge is 2.30. The van der Waals surface area contributed by atoms with Crippen molar-refractivity contribution in [3.05, 3.63) is 40.8 Å². The normalized spacial score (nSPS) is 17.4. The minimum atomic E-state index is -3.65. The van der Waals surface area contributed by atoms with Gasteiger partial charge in [0, 0.05) is 37.9 Å². The Labute approximate surface area is 168 Å². The maximum absolute atomic E-state index is 13.0. The maximum Gasteiger partial charge on any atom is 0.267 e. The highest BCUT2D eigenvalue weighted by Crippen LogP contribution is 2.22. The second-order valence-corrected chi connectivity index (χ2v) is 9.36. The van der Waals surface area contributed by atoms with E-state index >= 15 is 0 Å². The van der Waals surface area contributed by atoms with Gasteiger partial charge in [0.1, 0.15) is 4.88 Å². The number of aliphatic hydroxyl groups excluding tert-OH is 1. The third kappa shape index (κ3) is 4.58. The van der Waals surface area contributed by atoms with Gasteiger partial charge in [-0.2, -0.15) is 4.31 Å². The molecule has 0 saturated carbocycles. The van der Waals surface area contributed by atoms with Crippen LogP contribution in [0, 0.1) is 0 Å². The SMILES string of the molecule is CC[C@@H](CO)N1CCN(S(=O)(=O)c2cccc(NC(=O)c3cncs3)c2)CC1. The Morgan fingerprint density at radius 1 is 1.32 bits per heavy atom. The fourth-order valence-electron chi connectivity index (χ4n) is 3.22. The molecule has 8 nitrogen and oxygen atoms in total. The molecule has 152 valence electrons. The summed E-state index contributed by atoms with van der Waals surface area (Å²) in [5.74, 6) is -0.319. The quantitative estimate of drug-likeness (QED) is 0.698. The third-order valence-electron chi connectivity index (χ3n) is 4.86. The zero-order valence-corrected chi connectivity index (χ0v) is 17.2. The van der Waals surface area contributed by atoms with Gasteiger partial charge in [0.15, 0.2) is 0 Å². The summed E-state index contributed by atoms with van der Waals surface area (Å²) in [6.45, 7) is 3.99. The van der Waals surface area contributed by atoms with Crippen LogP contribution >= 0.6 is 11.3 Å². The Hall–Kier alpha value is -1.85. The number of hydrogen-bond acceptors (Lipinski definition) is 7. The van der Waals surface area contributed by atoms with Gasteiger partial charge in [-0.15, -0.1) is 11.3 Å². The van der Waals surface area contributed by atoms with Crippen LogP contribution in [-0.4, -0.2) is 72.4 Å². The second kappa shape index (κ2) is 9.10. The molecule has 1 aliphatic heterocycles. The monoisotopic (exact) mass is 424 g/mol. The minimum Gasteiger partial charge on any atom is -0.395 e. The summed E-state index contributed by atoms with van der Waals surface area (Å²) in [6.07, 6.45) is 2.29. The van der Waals surface area contributed by atoms with E-state index in [-0.39, 0.29) is 23.5 Å². The number of carbonyl (C=O) groups excluding carboxylic acids is 1. The van der Waals surface area contributed by atoms with E-state index in [0.717, 1.165) is 6.42 Å². The number of rotatable bonds is 7. The molecule has 1 aromatic carbocycles. The average Bonchev–Trinajstić information content (AvgIpc) is 3.25. The molecule has 2 aromatic rings. The van der Waals surface area contributed by atoms with Crippen LogP contribution in [0.15, 0.2) is 40.9 Å². The number of nitrogens with one attached hydrogen (secondary N) is 1. The van der Waals surface area contributed by atoms with Gasteiger partial charge in [-0.3, -0.25) is 14.7 Å². The van der Waals surface area contributed by atoms with Crippen molar-refractivity contribution in [2.75, 3.05) is 38.1 Å². The van der Waals surface area contributed by atoms with Crippen molar-refractivity contribution in [2.45, 2.75) is 24.3 Å². The number of amides is 1. The summed E-state index contributed by atoms with van der Waals surface area (Å²) in [6, 6.07) is 6.35. The predicted octanol–water partition coefficient (Wildman–Crippen LogP) is 1.47. The fraction of sp³-hybridized carbons (Fsp3) is 0.444. The van der Waals surface area contributed by atoms with Crippen LogP contribution in [0.4, 0.5) is 5.69 Å². The highest BCUT2D eigenvalue weighted by molar-refractivity contribution is 7.89. The topological polar surface area (TPSA) is 103 Å². The second-order valence-electron chi connectivity index (χ2n) is 6.53. The number of hydrogen-bond donors (Lipinski definition) is 2. The Morgan fingerprint density at radius 3 is 2.68 bits per heavy atom. The van der Waals surface area contributed by atoms with Gasteiger partial charge in [-0.25, -0.2) is 8.42 Å². The Bertz CT molecular complexity index is 890. The van der Waals surface area contributed by atoms with E-state index in [4.69, 9.17) is 0 Å². The first-order valence-corrected chi connectivity index (χ1v) is 11.4. The molecule has 1 aliphatic rings. The van der Waals surface area contributed by atoms with Crippen molar-refractivity contribution in [1.29, 1.82) is 0 Å². The molecule has 3 rings (SSSR count). The molecule has 28 heavy (non-hydrogen) atoms. The molecular weight excluding hydrogens is 400 g/mol. The van der Waals surface area contributed by atoms with Gasteiger partial charge >= 0.3 is 0 Å². The van der Waals surface area contributed by atoms with E-state index in [1.165, 1.54) is 34.0 Å². The number of benzene rings is 1. The van der Waals surface area contributed by atoms with E-state index in [0.29, 0.717) is 36.7 Å². The van der Waals surface area contributed by atoms with Gasteiger partial charge in [0.2, 0.25) is 10.0 Å². The number of piperazine rings is 1. The van der Waals surface area contributed by atoms with Gasteiger partial charge in [0.25, 0.3) is 5.91 Å². The first-order chi connectivity index (χ1) is 13.5. The maximum atomic E-state index is 13.0. The van der Waals surface area contributed by atoms with Gasteiger partial charge in [-0.1, -0.05) is 13.0 Å². The standard InChI is InChI=1S/C18H24N4O4S2/c1-2-15(12-23)21-6-8-22(9-7-21)28(25,26)16-5-3-4-14(10-16)20-18(24)17-11-19-13-27-17/h3-5,10-11,13,15,23H,2,6-9,12H2,1H3,(H,20,24)/t15-/m0/s1. The van der Waals surface area contributed by atoms with Crippen LogP contribution in [-0.2, 0) is 10.0 Å². The van der Waals surface area contributed by atoms with Crippen molar-refractivity contribution < 1.29 is 18.3 Å². The molecule has 1 fully saturated rings. The lowest BCUT2D eigenvalue weighted by Gasteiger charge is -2.37. The number of carbonyl (C=O) groups is 1. The number of aromatic nitrogens is 1. The Morgan fingerprint density at radius 2 is 2.07 bits per heavy atom. The Balaban J connectivity index is 1.70. The van der Waals surface area contributed by atoms with Gasteiger partial charge < -0.3 is 10.4 Å². The molecule has 0 aliphatic carbocycles. The van der Waals surface area contributed by atoms with Crippen molar-refractivity contribution >= 4 is 33.0 Å². The molecule has 0 bridgehead atoms. The predicted molar refractivity (Wildman–Crippen MR) is 108 cm³/mol. The van der Waals surface area contributed by atoms with Crippen LogP contribution in [0.25, 0.3) is 0 Å². The summed E-state index contributed by atoms with van der Waals surface area (Å²) in [5.41, 5.74) is 1.99. The molecule has 1 amide bonds. The third-order valence-corrected chi connectivity index (χ3v) is 7.52. The average molecular weight is 425 g/mol. The summed E-state index contributed by atoms with van der Waals surface area (Å²) in [7, 11) is -3.65. The van der Waals surface area contributed by atoms with Crippen molar-refractivity contribution in [3.8, 4) is 0 Å². The molecule has 1 atom stereocenters. The van der Waals surface area contributed by atoms with Crippen LogP contribution in [0.3, 0.4) is 0 Å². The van der Waals surface area contributed by atoms with Crippen LogP contribution in [0.2, 0.25) is 0 Å². The van der Waals surface area contributed by atoms with Crippen molar-refractivity contribution in [3.63, 3.8) is 0 Å². The number of anilines is 1. The molecule has 1 saturated heterocycles. The number of sulfonamides is 1. The molecule has 2 N–H and O–H groups in total. The molecule has 0 unspecified atom stereocenters. The first kappa shape index (κ1) is 20.9. The lowest BCUT2D eigenvalue weighted by Crippen LogP contribution is -2.52. The van der Waals surface area contributed by atoms with E-state index in [9.17, 15) is 18.3 Å². The summed E-state index contributed by atoms with van der Waals surface area (Å²) >= 11 is 1.22. The molecule has 10 heteroatoms. The van der Waals surface area contributed by atoms with Crippen molar-refractivity contribution in [1.82, 2.24) is 14.2 Å². The van der Waals surface area contributed by atoms with Gasteiger partial charge in [0.05, 0.1) is 23.2 Å². The lowest BCUT2D eigenvalue weighted by molar-refractivity contribution is 0.0881. The summed E-state index contributed by atoms with van der Waals surface area (Å²) in [5, 5.41) is 12.2. The number of aliphatic hydroxyl groups is 1. The lowest BCUT2D eigenvalue weighted by atomic mass is 10.2. The van der Waals surface area contributed by atoms with E-state index in [1.54, 1.807) is 17.6 Å². The van der Waals surface area contributed by atoms with Crippen molar-refractivity contribution in [2.24, 2.45) is 0 Å².